The summed E-state index contributed by atoms with van der Waals surface area (Å²) in [5, 5.41) is 0. The van der Waals surface area contributed by atoms with Gasteiger partial charge in [0.1, 0.15) is 11.6 Å². The molecule has 1 atom stereocenters. The highest BCUT2D eigenvalue weighted by Crippen LogP contribution is 2.20. The monoisotopic (exact) mass is 259 g/mol. The van der Waals surface area contributed by atoms with E-state index in [4.69, 9.17) is 10.5 Å². The number of hydrogen-bond acceptors (Lipinski definition) is 2. The fraction of sp³-hybridized carbons (Fsp3) is 0.250. The molecule has 1 unspecified atom stereocenters. The van der Waals surface area contributed by atoms with Crippen LogP contribution in [0.3, 0.4) is 0 Å². The van der Waals surface area contributed by atoms with Crippen molar-refractivity contribution in [3.63, 3.8) is 0 Å². The summed E-state index contributed by atoms with van der Waals surface area (Å²) in [4.78, 5) is 0. The van der Waals surface area contributed by atoms with Gasteiger partial charge in [0, 0.05) is 12.5 Å². The van der Waals surface area contributed by atoms with Gasteiger partial charge in [0.2, 0.25) is 0 Å². The third-order valence-corrected chi connectivity index (χ3v) is 3.07. The molecule has 0 bridgehead atoms. The van der Waals surface area contributed by atoms with E-state index >= 15 is 0 Å². The second-order valence-corrected chi connectivity index (χ2v) is 4.56. The lowest BCUT2D eigenvalue weighted by Gasteiger charge is -2.15. The Hall–Kier alpha value is -1.87. The van der Waals surface area contributed by atoms with Crippen molar-refractivity contribution in [1.29, 1.82) is 0 Å². The Kier molecular flexibility index (Phi) is 4.53. The average Bonchev–Trinajstić information content (AvgIpc) is 2.39. The van der Waals surface area contributed by atoms with Crippen LogP contribution in [0.1, 0.15) is 23.6 Å². The van der Waals surface area contributed by atoms with E-state index in [2.05, 4.69) is 0 Å². The summed E-state index contributed by atoms with van der Waals surface area (Å²) in [5.74, 6) is 0.611. The maximum Gasteiger partial charge on any atom is 0.123 e. The van der Waals surface area contributed by atoms with Gasteiger partial charge >= 0.3 is 0 Å². The summed E-state index contributed by atoms with van der Waals surface area (Å²) in [7, 11) is 0. The Balaban J connectivity index is 1.89. The molecule has 0 fully saturated rings. The standard InChI is InChI=1S/C16H18FNO/c1-12-11-13(17)7-8-15(12)16(18)9-10-19-14-5-3-2-4-6-14/h2-8,11,16H,9-10,18H2,1H3. The number of ether oxygens (including phenoxy) is 1. The number of halogens is 1. The van der Waals surface area contributed by atoms with Crippen molar-refractivity contribution < 1.29 is 9.13 Å². The summed E-state index contributed by atoms with van der Waals surface area (Å²) < 4.78 is 18.6. The van der Waals surface area contributed by atoms with Crippen LogP contribution in [0.5, 0.6) is 5.75 Å². The molecule has 2 aromatic rings. The molecule has 0 aromatic heterocycles. The number of nitrogens with two attached hydrogens (primary N) is 1. The third kappa shape index (κ3) is 3.80. The van der Waals surface area contributed by atoms with Gasteiger partial charge in [0.15, 0.2) is 0 Å². The molecule has 2 N–H and O–H groups in total. The van der Waals surface area contributed by atoms with Crippen LogP contribution in [0, 0.1) is 12.7 Å². The molecule has 0 aliphatic carbocycles. The SMILES string of the molecule is Cc1cc(F)ccc1C(N)CCOc1ccccc1. The molecule has 0 aliphatic heterocycles. The zero-order valence-corrected chi connectivity index (χ0v) is 11.0. The molecule has 3 heteroatoms. The number of para-hydroxylation sites is 1. The fourth-order valence-corrected chi connectivity index (χ4v) is 2.03. The fourth-order valence-electron chi connectivity index (χ4n) is 2.03. The van der Waals surface area contributed by atoms with Crippen molar-refractivity contribution >= 4 is 0 Å². The van der Waals surface area contributed by atoms with Crippen LogP contribution in [-0.2, 0) is 0 Å². The largest absolute Gasteiger partial charge is 0.494 e. The Morgan fingerprint density at radius 2 is 1.89 bits per heavy atom. The molecule has 2 nitrogen and oxygen atoms in total. The van der Waals surface area contributed by atoms with Gasteiger partial charge in [-0.3, -0.25) is 0 Å². The van der Waals surface area contributed by atoms with Crippen LogP contribution in [-0.4, -0.2) is 6.61 Å². The van der Waals surface area contributed by atoms with Gasteiger partial charge < -0.3 is 10.5 Å². The molecule has 2 aromatic carbocycles. The van der Waals surface area contributed by atoms with E-state index in [0.717, 1.165) is 16.9 Å². The van der Waals surface area contributed by atoms with Crippen LogP contribution in [0.2, 0.25) is 0 Å². The summed E-state index contributed by atoms with van der Waals surface area (Å²) >= 11 is 0. The number of benzene rings is 2. The number of aryl methyl sites for hydroxylation is 1. The maximum absolute atomic E-state index is 13.0. The summed E-state index contributed by atoms with van der Waals surface area (Å²) in [6.07, 6.45) is 0.696. The van der Waals surface area contributed by atoms with Gasteiger partial charge in [-0.05, 0) is 42.3 Å². The van der Waals surface area contributed by atoms with E-state index < -0.39 is 0 Å². The first-order valence-electron chi connectivity index (χ1n) is 6.36. The van der Waals surface area contributed by atoms with Gasteiger partial charge in [-0.1, -0.05) is 24.3 Å². The minimum absolute atomic E-state index is 0.135. The molecule has 19 heavy (non-hydrogen) atoms. The quantitative estimate of drug-likeness (QED) is 0.890. The lowest BCUT2D eigenvalue weighted by Crippen LogP contribution is -2.15. The molecular formula is C16H18FNO. The topological polar surface area (TPSA) is 35.2 Å². The molecule has 0 radical (unpaired) electrons. The van der Waals surface area contributed by atoms with Crippen LogP contribution in [0.15, 0.2) is 48.5 Å². The predicted octanol–water partition coefficient (Wildman–Crippen LogP) is 3.60. The molecule has 0 saturated carbocycles. The predicted molar refractivity (Wildman–Crippen MR) is 74.6 cm³/mol. The average molecular weight is 259 g/mol. The van der Waals surface area contributed by atoms with Crippen molar-refractivity contribution in [2.75, 3.05) is 6.61 Å². The van der Waals surface area contributed by atoms with E-state index in [1.165, 1.54) is 12.1 Å². The minimum atomic E-state index is -0.228. The van der Waals surface area contributed by atoms with Crippen molar-refractivity contribution in [3.05, 3.63) is 65.5 Å². The second-order valence-electron chi connectivity index (χ2n) is 4.56. The van der Waals surface area contributed by atoms with Gasteiger partial charge in [-0.25, -0.2) is 4.39 Å². The Morgan fingerprint density at radius 3 is 2.58 bits per heavy atom. The van der Waals surface area contributed by atoms with Crippen molar-refractivity contribution in [2.45, 2.75) is 19.4 Å². The van der Waals surface area contributed by atoms with E-state index in [0.29, 0.717) is 13.0 Å². The van der Waals surface area contributed by atoms with Crippen LogP contribution in [0.4, 0.5) is 4.39 Å². The molecule has 0 heterocycles. The molecule has 0 spiro atoms. The van der Waals surface area contributed by atoms with Crippen LogP contribution in [0.25, 0.3) is 0 Å². The highest BCUT2D eigenvalue weighted by atomic mass is 19.1. The second kappa shape index (κ2) is 6.34. The van der Waals surface area contributed by atoms with Gasteiger partial charge in [0.25, 0.3) is 0 Å². The molecular weight excluding hydrogens is 241 g/mol. The lowest BCUT2D eigenvalue weighted by atomic mass is 10.00. The normalized spacial score (nSPS) is 12.2. The van der Waals surface area contributed by atoms with Crippen LogP contribution < -0.4 is 10.5 Å². The molecule has 0 saturated heterocycles. The third-order valence-electron chi connectivity index (χ3n) is 3.07. The smallest absolute Gasteiger partial charge is 0.123 e. The number of hydrogen-bond donors (Lipinski definition) is 1. The van der Waals surface area contributed by atoms with E-state index in [9.17, 15) is 4.39 Å². The van der Waals surface area contributed by atoms with Gasteiger partial charge in [0.05, 0.1) is 6.61 Å². The highest BCUT2D eigenvalue weighted by molar-refractivity contribution is 5.29. The van der Waals surface area contributed by atoms with Crippen LogP contribution >= 0.6 is 0 Å². The zero-order valence-electron chi connectivity index (χ0n) is 11.0. The van der Waals surface area contributed by atoms with E-state index in [1.54, 1.807) is 6.07 Å². The molecule has 100 valence electrons. The first kappa shape index (κ1) is 13.6. The van der Waals surface area contributed by atoms with Crippen molar-refractivity contribution in [2.24, 2.45) is 5.73 Å². The lowest BCUT2D eigenvalue weighted by molar-refractivity contribution is 0.298. The summed E-state index contributed by atoms with van der Waals surface area (Å²) in [6, 6.07) is 14.2. The molecule has 0 amide bonds. The Bertz CT molecular complexity index is 528. The summed E-state index contributed by atoms with van der Waals surface area (Å²) in [5.41, 5.74) is 7.96. The Morgan fingerprint density at radius 1 is 1.16 bits per heavy atom. The van der Waals surface area contributed by atoms with Crippen molar-refractivity contribution in [3.8, 4) is 5.75 Å². The minimum Gasteiger partial charge on any atom is -0.494 e. The Labute approximate surface area is 113 Å². The zero-order chi connectivity index (χ0) is 13.7. The van der Waals surface area contributed by atoms with Gasteiger partial charge in [-0.15, -0.1) is 0 Å². The van der Waals surface area contributed by atoms with E-state index in [1.807, 2.05) is 37.3 Å². The summed E-state index contributed by atoms with van der Waals surface area (Å²) in [6.45, 7) is 2.42. The molecule has 2 rings (SSSR count). The maximum atomic E-state index is 13.0. The van der Waals surface area contributed by atoms with Gasteiger partial charge in [-0.2, -0.15) is 0 Å². The number of rotatable bonds is 5. The molecule has 0 aliphatic rings. The highest BCUT2D eigenvalue weighted by Gasteiger charge is 2.09. The van der Waals surface area contributed by atoms with Crippen molar-refractivity contribution in [1.82, 2.24) is 0 Å². The van der Waals surface area contributed by atoms with E-state index in [-0.39, 0.29) is 11.9 Å². The first-order chi connectivity index (χ1) is 9.16. The first-order valence-corrected chi connectivity index (χ1v) is 6.36.